The van der Waals surface area contributed by atoms with Crippen molar-refractivity contribution >= 4 is 40.1 Å². The monoisotopic (exact) mass is 441 g/mol. The molecule has 1 N–H and O–H groups in total. The molecule has 5 nitrogen and oxygen atoms in total. The molecule has 2 aliphatic heterocycles. The van der Waals surface area contributed by atoms with E-state index in [1.54, 1.807) is 4.90 Å². The lowest BCUT2D eigenvalue weighted by Crippen LogP contribution is -2.44. The number of anilines is 1. The molecule has 0 spiro atoms. The molecule has 3 amide bonds. The number of para-hydroxylation sites is 1. The van der Waals surface area contributed by atoms with Gasteiger partial charge in [-0.3, -0.25) is 9.69 Å². The minimum atomic E-state index is -0.571. The lowest BCUT2D eigenvalue weighted by Gasteiger charge is -2.36. The highest BCUT2D eigenvalue weighted by molar-refractivity contribution is 6.30. The van der Waals surface area contributed by atoms with Crippen LogP contribution in [0.25, 0.3) is 10.9 Å². The lowest BCUT2D eigenvalue weighted by molar-refractivity contribution is -0.120. The second-order valence-electron chi connectivity index (χ2n) is 8.44. The largest absolute Gasteiger partial charge is 0.356 e. The number of halogens is 1. The number of nitrogens with zero attached hydrogens (tertiary/aromatic N) is 2. The van der Waals surface area contributed by atoms with Crippen LogP contribution in [0.5, 0.6) is 0 Å². The zero-order valence-electron chi connectivity index (χ0n) is 17.4. The van der Waals surface area contributed by atoms with Crippen molar-refractivity contribution in [2.24, 2.45) is 0 Å². The second-order valence-corrected chi connectivity index (χ2v) is 8.88. The summed E-state index contributed by atoms with van der Waals surface area (Å²) in [7, 11) is 0. The van der Waals surface area contributed by atoms with E-state index < -0.39 is 12.1 Å². The first-order chi connectivity index (χ1) is 15.5. The number of benzene rings is 3. The summed E-state index contributed by atoms with van der Waals surface area (Å²) in [6.07, 6.45) is 0.475. The molecule has 1 saturated heterocycles. The Kier molecular flexibility index (Phi) is 4.17. The Morgan fingerprint density at radius 2 is 1.78 bits per heavy atom. The number of amides is 3. The zero-order valence-corrected chi connectivity index (χ0v) is 18.1. The fraction of sp³-hybridized carbons (Fsp3) is 0.154. The zero-order chi connectivity index (χ0) is 22.0. The first kappa shape index (κ1) is 19.1. The summed E-state index contributed by atoms with van der Waals surface area (Å²) >= 11 is 6.33. The molecule has 4 aromatic rings. The molecular formula is C26H20ClN3O2. The van der Waals surface area contributed by atoms with Crippen LogP contribution in [-0.2, 0) is 11.2 Å². The van der Waals surface area contributed by atoms with Crippen molar-refractivity contribution in [3.8, 4) is 0 Å². The van der Waals surface area contributed by atoms with Crippen molar-refractivity contribution in [3.05, 3.63) is 100 Å². The molecule has 0 unspecified atom stereocenters. The van der Waals surface area contributed by atoms with Gasteiger partial charge in [-0.15, -0.1) is 0 Å². The summed E-state index contributed by atoms with van der Waals surface area (Å²) in [5.74, 6) is -0.191. The third-order valence-electron chi connectivity index (χ3n) is 6.47. The van der Waals surface area contributed by atoms with Crippen LogP contribution in [0.3, 0.4) is 0 Å². The van der Waals surface area contributed by atoms with E-state index in [2.05, 4.69) is 11.1 Å². The molecular weight excluding hydrogens is 422 g/mol. The number of hydrogen-bond acceptors (Lipinski definition) is 2. The second kappa shape index (κ2) is 6.97. The first-order valence-corrected chi connectivity index (χ1v) is 11.0. The molecule has 0 aliphatic carbocycles. The Balaban J connectivity index is 1.56. The highest BCUT2D eigenvalue weighted by atomic mass is 35.5. The van der Waals surface area contributed by atoms with E-state index >= 15 is 0 Å². The standard InChI is InChI=1S/C26H20ClN3O2/c1-15-6-4-9-18(12-15)29-25(31)22-14-20-19-10-2-3-11-21(19)28-23(20)24(30(22)26(29)32)16-7-5-8-17(27)13-16/h2-13,22,24,28H,14H2,1H3/t22-,24+/m0/s1. The molecule has 6 rings (SSSR count). The number of aryl methyl sites for hydroxylation is 1. The molecule has 0 bridgehead atoms. The SMILES string of the molecule is Cc1cccc(N2C(=O)[C@@H]3Cc4c([nH]c5ccccc45)[C@@H](c4cccc(Cl)c4)N3C2=O)c1. The summed E-state index contributed by atoms with van der Waals surface area (Å²) in [6.45, 7) is 1.95. The minimum Gasteiger partial charge on any atom is -0.356 e. The maximum absolute atomic E-state index is 13.7. The number of fused-ring (bicyclic) bond motifs is 4. The Morgan fingerprint density at radius 1 is 0.969 bits per heavy atom. The van der Waals surface area contributed by atoms with Gasteiger partial charge in [0.2, 0.25) is 0 Å². The van der Waals surface area contributed by atoms with Crippen LogP contribution in [0.4, 0.5) is 10.5 Å². The molecule has 1 fully saturated rings. The smallest absolute Gasteiger partial charge is 0.332 e. The van der Waals surface area contributed by atoms with Crippen LogP contribution in [-0.4, -0.2) is 27.9 Å². The van der Waals surface area contributed by atoms with Gasteiger partial charge in [-0.1, -0.05) is 54.1 Å². The summed E-state index contributed by atoms with van der Waals surface area (Å²) in [5.41, 5.74) is 5.50. The average Bonchev–Trinajstić information content (AvgIpc) is 3.27. The van der Waals surface area contributed by atoms with Crippen LogP contribution in [0.15, 0.2) is 72.8 Å². The summed E-state index contributed by atoms with van der Waals surface area (Å²) in [6, 6.07) is 21.8. The van der Waals surface area contributed by atoms with Crippen molar-refractivity contribution in [3.63, 3.8) is 0 Å². The first-order valence-electron chi connectivity index (χ1n) is 10.6. The number of carbonyl (C=O) groups excluding carboxylic acids is 2. The van der Waals surface area contributed by atoms with Crippen molar-refractivity contribution in [1.29, 1.82) is 0 Å². The van der Waals surface area contributed by atoms with Crippen LogP contribution in [0.1, 0.15) is 28.4 Å². The highest BCUT2D eigenvalue weighted by Gasteiger charge is 2.53. The van der Waals surface area contributed by atoms with E-state index in [1.807, 2.05) is 73.7 Å². The molecule has 0 radical (unpaired) electrons. The van der Waals surface area contributed by atoms with Gasteiger partial charge < -0.3 is 4.98 Å². The number of rotatable bonds is 2. The van der Waals surface area contributed by atoms with E-state index in [0.29, 0.717) is 17.1 Å². The van der Waals surface area contributed by atoms with Gasteiger partial charge in [0.25, 0.3) is 5.91 Å². The normalized spacial score (nSPS) is 20.1. The van der Waals surface area contributed by atoms with Crippen molar-refractivity contribution in [1.82, 2.24) is 9.88 Å². The van der Waals surface area contributed by atoms with Crippen LogP contribution in [0, 0.1) is 6.92 Å². The summed E-state index contributed by atoms with van der Waals surface area (Å²) in [4.78, 5) is 33.9. The molecule has 6 heteroatoms. The molecule has 2 atom stereocenters. The van der Waals surface area contributed by atoms with Gasteiger partial charge in [0.1, 0.15) is 12.1 Å². The number of aromatic nitrogens is 1. The van der Waals surface area contributed by atoms with E-state index in [9.17, 15) is 9.59 Å². The van der Waals surface area contributed by atoms with Gasteiger partial charge in [0.05, 0.1) is 5.69 Å². The predicted octanol–water partition coefficient (Wildman–Crippen LogP) is 5.61. The van der Waals surface area contributed by atoms with Gasteiger partial charge in [0.15, 0.2) is 0 Å². The Labute approximate surface area is 190 Å². The van der Waals surface area contributed by atoms with Gasteiger partial charge in [-0.2, -0.15) is 0 Å². The third-order valence-corrected chi connectivity index (χ3v) is 6.71. The lowest BCUT2D eigenvalue weighted by atomic mass is 9.89. The topological polar surface area (TPSA) is 56.4 Å². The Bertz CT molecular complexity index is 1410. The van der Waals surface area contributed by atoms with Crippen molar-refractivity contribution in [2.45, 2.75) is 25.4 Å². The number of aromatic amines is 1. The van der Waals surface area contributed by atoms with Gasteiger partial charge in [-0.05, 0) is 53.9 Å². The molecule has 158 valence electrons. The predicted molar refractivity (Wildman–Crippen MR) is 125 cm³/mol. The van der Waals surface area contributed by atoms with Crippen molar-refractivity contribution in [2.75, 3.05) is 4.90 Å². The Hall–Kier alpha value is -3.57. The molecule has 1 aromatic heterocycles. The number of urea groups is 1. The maximum atomic E-state index is 13.7. The van der Waals surface area contributed by atoms with E-state index in [4.69, 9.17) is 11.6 Å². The van der Waals surface area contributed by atoms with Crippen LogP contribution in [0.2, 0.25) is 5.02 Å². The number of nitrogens with one attached hydrogen (secondary N) is 1. The van der Waals surface area contributed by atoms with Gasteiger partial charge in [-0.25, -0.2) is 9.69 Å². The number of imide groups is 1. The van der Waals surface area contributed by atoms with E-state index in [1.165, 1.54) is 4.90 Å². The van der Waals surface area contributed by atoms with Crippen molar-refractivity contribution < 1.29 is 9.59 Å². The van der Waals surface area contributed by atoms with Crippen LogP contribution >= 0.6 is 11.6 Å². The van der Waals surface area contributed by atoms with E-state index in [-0.39, 0.29) is 11.9 Å². The summed E-state index contributed by atoms with van der Waals surface area (Å²) in [5, 5.41) is 1.68. The number of carbonyl (C=O) groups is 2. The molecule has 3 aromatic carbocycles. The third kappa shape index (κ3) is 2.71. The number of H-pyrrole nitrogens is 1. The fourth-order valence-electron chi connectivity index (χ4n) is 5.10. The Morgan fingerprint density at radius 3 is 2.59 bits per heavy atom. The van der Waals surface area contributed by atoms with Gasteiger partial charge >= 0.3 is 6.03 Å². The fourth-order valence-corrected chi connectivity index (χ4v) is 5.30. The van der Waals surface area contributed by atoms with Gasteiger partial charge in [0, 0.05) is 28.0 Å². The maximum Gasteiger partial charge on any atom is 0.332 e. The molecule has 32 heavy (non-hydrogen) atoms. The number of hydrogen-bond donors (Lipinski definition) is 1. The summed E-state index contributed by atoms with van der Waals surface area (Å²) < 4.78 is 0. The highest BCUT2D eigenvalue weighted by Crippen LogP contribution is 2.45. The quantitative estimate of drug-likeness (QED) is 0.411. The average molecular weight is 442 g/mol. The minimum absolute atomic E-state index is 0.191. The molecule has 2 aliphatic rings. The molecule has 0 saturated carbocycles. The van der Waals surface area contributed by atoms with E-state index in [0.717, 1.165) is 33.3 Å². The molecule has 3 heterocycles. The van der Waals surface area contributed by atoms with Crippen LogP contribution < -0.4 is 4.90 Å².